The maximum Gasteiger partial charge on any atom is 0.407 e. The Morgan fingerprint density at radius 1 is 0.719 bits per heavy atom. The molecular weight excluding hydrogens is 404 g/mol. The van der Waals surface area contributed by atoms with Crippen LogP contribution in [-0.2, 0) is 22.6 Å². The van der Waals surface area contributed by atoms with Crippen molar-refractivity contribution in [1.29, 1.82) is 0 Å². The van der Waals surface area contributed by atoms with E-state index in [9.17, 15) is 9.59 Å². The fourth-order valence-corrected chi connectivity index (χ4v) is 3.14. The molecule has 2 amide bonds. The second-order valence-corrected chi connectivity index (χ2v) is 10.8. The number of hydrogen-bond donors (Lipinski definition) is 2. The van der Waals surface area contributed by atoms with E-state index in [1.165, 1.54) is 0 Å². The number of alkyl carbamates (subject to hydrolysis) is 2. The van der Waals surface area contributed by atoms with E-state index in [0.717, 1.165) is 49.7 Å². The average molecular weight is 449 g/mol. The van der Waals surface area contributed by atoms with Crippen molar-refractivity contribution in [3.63, 3.8) is 0 Å². The molecule has 0 aromatic heterocycles. The number of carbonyl (C=O) groups is 2. The topological polar surface area (TPSA) is 76.7 Å². The van der Waals surface area contributed by atoms with Gasteiger partial charge < -0.3 is 20.1 Å². The summed E-state index contributed by atoms with van der Waals surface area (Å²) in [4.78, 5) is 23.7. The van der Waals surface area contributed by atoms with E-state index >= 15 is 0 Å². The molecular formula is C26H44N2O4. The third-order valence-corrected chi connectivity index (χ3v) is 4.97. The quantitative estimate of drug-likeness (QED) is 0.354. The standard InChI is InChI=1S/C26H44N2O4/c1-25(2,3)14-7-9-16-31-23(29)27-19-21-12-11-13-22(18-21)20-28-24(30)32-17-10-8-15-26(4,5)6/h11-13,18H,7-10,14-17,19-20H2,1-6H3,(H,27,29)(H,28,30). The minimum absolute atomic E-state index is 0.310. The van der Waals surface area contributed by atoms with E-state index in [1.807, 2.05) is 24.3 Å². The van der Waals surface area contributed by atoms with Gasteiger partial charge in [0.05, 0.1) is 13.2 Å². The molecule has 0 unspecified atom stereocenters. The third kappa shape index (κ3) is 15.5. The molecule has 2 N–H and O–H groups in total. The second-order valence-electron chi connectivity index (χ2n) is 10.8. The van der Waals surface area contributed by atoms with Crippen molar-refractivity contribution in [2.24, 2.45) is 10.8 Å². The van der Waals surface area contributed by atoms with Crippen molar-refractivity contribution in [3.05, 3.63) is 35.4 Å². The summed E-state index contributed by atoms with van der Waals surface area (Å²) >= 11 is 0. The molecule has 32 heavy (non-hydrogen) atoms. The summed E-state index contributed by atoms with van der Waals surface area (Å²) < 4.78 is 10.5. The van der Waals surface area contributed by atoms with Gasteiger partial charge in [-0.05, 0) is 60.5 Å². The number of rotatable bonds is 12. The van der Waals surface area contributed by atoms with Crippen LogP contribution in [0.25, 0.3) is 0 Å². The van der Waals surface area contributed by atoms with Gasteiger partial charge in [-0.3, -0.25) is 0 Å². The maximum atomic E-state index is 11.9. The van der Waals surface area contributed by atoms with Crippen LogP contribution in [0.5, 0.6) is 0 Å². The lowest BCUT2D eigenvalue weighted by molar-refractivity contribution is 0.141. The molecule has 0 saturated heterocycles. The van der Waals surface area contributed by atoms with Gasteiger partial charge in [-0.15, -0.1) is 0 Å². The molecule has 6 nitrogen and oxygen atoms in total. The van der Waals surface area contributed by atoms with Gasteiger partial charge >= 0.3 is 12.2 Å². The van der Waals surface area contributed by atoms with Crippen LogP contribution in [-0.4, -0.2) is 25.4 Å². The minimum Gasteiger partial charge on any atom is -0.450 e. The predicted molar refractivity (Wildman–Crippen MR) is 129 cm³/mol. The molecule has 1 rings (SSSR count). The molecule has 0 aliphatic carbocycles. The highest BCUT2D eigenvalue weighted by atomic mass is 16.6. The first-order valence-electron chi connectivity index (χ1n) is 11.8. The number of ether oxygens (including phenoxy) is 2. The van der Waals surface area contributed by atoms with Crippen LogP contribution < -0.4 is 10.6 Å². The highest BCUT2D eigenvalue weighted by Gasteiger charge is 2.11. The van der Waals surface area contributed by atoms with Gasteiger partial charge in [0.15, 0.2) is 0 Å². The predicted octanol–water partition coefficient (Wildman–Crippen LogP) is 6.57. The average Bonchev–Trinajstić information content (AvgIpc) is 2.69. The first kappa shape index (κ1) is 27.8. The number of carbonyl (C=O) groups excluding carboxylic acids is 2. The zero-order valence-electron chi connectivity index (χ0n) is 21.0. The van der Waals surface area contributed by atoms with Gasteiger partial charge in [0, 0.05) is 13.1 Å². The molecule has 0 fully saturated rings. The summed E-state index contributed by atoms with van der Waals surface area (Å²) in [5.41, 5.74) is 2.52. The Labute approximate surface area is 194 Å². The van der Waals surface area contributed by atoms with Crippen molar-refractivity contribution >= 4 is 12.2 Å². The Bertz CT molecular complexity index is 635. The summed E-state index contributed by atoms with van der Waals surface area (Å²) in [7, 11) is 0. The number of amides is 2. The lowest BCUT2D eigenvalue weighted by Crippen LogP contribution is -2.25. The molecule has 1 aromatic rings. The molecule has 182 valence electrons. The maximum absolute atomic E-state index is 11.9. The second kappa shape index (κ2) is 14.0. The van der Waals surface area contributed by atoms with E-state index in [4.69, 9.17) is 9.47 Å². The van der Waals surface area contributed by atoms with Crippen molar-refractivity contribution in [3.8, 4) is 0 Å². The number of nitrogens with one attached hydrogen (secondary N) is 2. The van der Waals surface area contributed by atoms with E-state index < -0.39 is 12.2 Å². The Morgan fingerprint density at radius 2 is 1.12 bits per heavy atom. The molecule has 6 heteroatoms. The lowest BCUT2D eigenvalue weighted by atomic mass is 9.90. The number of unbranched alkanes of at least 4 members (excludes halogenated alkanes) is 2. The normalized spacial score (nSPS) is 11.7. The summed E-state index contributed by atoms with van der Waals surface area (Å²) in [6, 6.07) is 7.72. The SMILES string of the molecule is CC(C)(C)CCCCOC(=O)NCc1cccc(CNC(=O)OCCCCC(C)(C)C)c1. The first-order valence-corrected chi connectivity index (χ1v) is 11.8. The van der Waals surface area contributed by atoms with Gasteiger partial charge in [0.2, 0.25) is 0 Å². The molecule has 0 heterocycles. The smallest absolute Gasteiger partial charge is 0.407 e. The van der Waals surface area contributed by atoms with Crippen LogP contribution in [0, 0.1) is 10.8 Å². The summed E-state index contributed by atoms with van der Waals surface area (Å²) in [5.74, 6) is 0. The highest BCUT2D eigenvalue weighted by molar-refractivity contribution is 5.67. The molecule has 0 bridgehead atoms. The van der Waals surface area contributed by atoms with Gasteiger partial charge in [0.25, 0.3) is 0 Å². The van der Waals surface area contributed by atoms with Crippen molar-refractivity contribution in [2.75, 3.05) is 13.2 Å². The fraction of sp³-hybridized carbons (Fsp3) is 0.692. The van der Waals surface area contributed by atoms with Crippen LogP contribution in [0.3, 0.4) is 0 Å². The highest BCUT2D eigenvalue weighted by Crippen LogP contribution is 2.22. The van der Waals surface area contributed by atoms with Crippen LogP contribution in [0.1, 0.15) is 91.2 Å². The van der Waals surface area contributed by atoms with Crippen molar-refractivity contribution in [1.82, 2.24) is 10.6 Å². The number of hydrogen-bond acceptors (Lipinski definition) is 4. The van der Waals surface area contributed by atoms with Crippen molar-refractivity contribution < 1.29 is 19.1 Å². The number of benzene rings is 1. The third-order valence-electron chi connectivity index (χ3n) is 4.97. The van der Waals surface area contributed by atoms with Crippen LogP contribution in [0.15, 0.2) is 24.3 Å². The van der Waals surface area contributed by atoms with Gasteiger partial charge in [-0.1, -0.05) is 65.8 Å². The van der Waals surface area contributed by atoms with Gasteiger partial charge in [-0.2, -0.15) is 0 Å². The van der Waals surface area contributed by atoms with E-state index in [-0.39, 0.29) is 0 Å². The van der Waals surface area contributed by atoms with E-state index in [2.05, 4.69) is 52.2 Å². The Hall–Kier alpha value is -2.24. The Morgan fingerprint density at radius 3 is 1.50 bits per heavy atom. The first-order chi connectivity index (χ1) is 14.9. The minimum atomic E-state index is -0.403. The Kier molecular flexibility index (Phi) is 12.2. The van der Waals surface area contributed by atoms with Gasteiger partial charge in [0.1, 0.15) is 0 Å². The summed E-state index contributed by atoms with van der Waals surface area (Å²) in [6.07, 6.45) is 5.26. The molecule has 0 radical (unpaired) electrons. The monoisotopic (exact) mass is 448 g/mol. The molecule has 0 aliphatic rings. The fourth-order valence-electron chi connectivity index (χ4n) is 3.14. The zero-order valence-corrected chi connectivity index (χ0v) is 21.0. The Balaban J connectivity index is 2.22. The molecule has 0 saturated carbocycles. The summed E-state index contributed by atoms with van der Waals surface area (Å²) in [6.45, 7) is 14.9. The summed E-state index contributed by atoms with van der Waals surface area (Å²) in [5, 5.41) is 5.55. The molecule has 0 aliphatic heterocycles. The largest absolute Gasteiger partial charge is 0.450 e. The van der Waals surface area contributed by atoms with Gasteiger partial charge in [-0.25, -0.2) is 9.59 Å². The van der Waals surface area contributed by atoms with Crippen LogP contribution in [0.2, 0.25) is 0 Å². The van der Waals surface area contributed by atoms with Crippen molar-refractivity contribution in [2.45, 2.75) is 93.2 Å². The van der Waals surface area contributed by atoms with E-state index in [0.29, 0.717) is 37.1 Å². The van der Waals surface area contributed by atoms with Crippen LogP contribution >= 0.6 is 0 Å². The van der Waals surface area contributed by atoms with Crippen LogP contribution in [0.4, 0.5) is 9.59 Å². The lowest BCUT2D eigenvalue weighted by Gasteiger charge is -2.17. The van der Waals surface area contributed by atoms with E-state index in [1.54, 1.807) is 0 Å². The molecule has 1 aromatic carbocycles. The molecule has 0 atom stereocenters. The zero-order chi connectivity index (χ0) is 24.0. The molecule has 0 spiro atoms.